The van der Waals surface area contributed by atoms with Crippen LogP contribution in [0.1, 0.15) is 11.1 Å². The molecule has 4 N–H and O–H groups in total. The Balaban J connectivity index is 2.20. The zero-order valence-corrected chi connectivity index (χ0v) is 15.0. The molecule has 0 saturated carbocycles. The first kappa shape index (κ1) is 21.2. The Morgan fingerprint density at radius 2 is 1.00 bits per heavy atom. The summed E-state index contributed by atoms with van der Waals surface area (Å²) in [6.07, 6.45) is -10.4. The molecule has 3 aromatic carbocycles. The lowest BCUT2D eigenvalue weighted by Crippen LogP contribution is -2.14. The predicted octanol–water partition coefficient (Wildman–Crippen LogP) is 6.47. The third kappa shape index (κ3) is 4.53. The van der Waals surface area contributed by atoms with E-state index < -0.39 is 35.0 Å². The molecule has 4 nitrogen and oxygen atoms in total. The number of nitrogens with two attached hydrogens (primary N) is 2. The number of ether oxygens (including phenoxy) is 2. The maximum absolute atomic E-state index is 13.7. The number of para-hydroxylation sites is 4. The molecule has 0 aliphatic heterocycles. The third-order valence-electron chi connectivity index (χ3n) is 3.95. The minimum atomic E-state index is -5.18. The fourth-order valence-electron chi connectivity index (χ4n) is 2.58. The number of benzene rings is 3. The van der Waals surface area contributed by atoms with Crippen LogP contribution in [0.15, 0.2) is 60.7 Å². The molecule has 0 spiro atoms. The largest absolute Gasteiger partial charge is 0.455 e. The summed E-state index contributed by atoms with van der Waals surface area (Å²) in [5.41, 5.74) is 7.82. The number of nitrogen functional groups attached to an aromatic ring is 2. The minimum absolute atomic E-state index is 0.0389. The molecule has 30 heavy (non-hydrogen) atoms. The van der Waals surface area contributed by atoms with Crippen molar-refractivity contribution in [3.63, 3.8) is 0 Å². The van der Waals surface area contributed by atoms with Crippen molar-refractivity contribution in [3.8, 4) is 23.0 Å². The van der Waals surface area contributed by atoms with Gasteiger partial charge in [0.2, 0.25) is 0 Å². The van der Waals surface area contributed by atoms with E-state index >= 15 is 0 Å². The second-order valence-electron chi connectivity index (χ2n) is 6.12. The van der Waals surface area contributed by atoms with E-state index in [1.165, 1.54) is 42.5 Å². The van der Waals surface area contributed by atoms with Gasteiger partial charge in [0.1, 0.15) is 28.4 Å². The molecule has 158 valence electrons. The Bertz CT molecular complexity index is 1030. The number of hydrogen-bond donors (Lipinski definition) is 2. The van der Waals surface area contributed by atoms with E-state index in [9.17, 15) is 26.3 Å². The van der Waals surface area contributed by atoms with E-state index in [1.54, 1.807) is 0 Å². The maximum atomic E-state index is 13.7. The van der Waals surface area contributed by atoms with Crippen LogP contribution in [0, 0.1) is 0 Å². The van der Waals surface area contributed by atoms with Crippen LogP contribution < -0.4 is 20.9 Å². The molecule has 0 unspecified atom stereocenters. The molecule has 0 amide bonds. The number of halogens is 6. The van der Waals surface area contributed by atoms with Crippen molar-refractivity contribution in [3.05, 3.63) is 71.8 Å². The summed E-state index contributed by atoms with van der Waals surface area (Å²) in [4.78, 5) is 0. The zero-order valence-electron chi connectivity index (χ0n) is 15.0. The topological polar surface area (TPSA) is 70.5 Å². The van der Waals surface area contributed by atoms with Crippen molar-refractivity contribution in [1.29, 1.82) is 0 Å². The quantitative estimate of drug-likeness (QED) is 0.369. The van der Waals surface area contributed by atoms with Gasteiger partial charge in [-0.2, -0.15) is 26.3 Å². The molecule has 0 heterocycles. The van der Waals surface area contributed by atoms with E-state index in [-0.39, 0.29) is 22.9 Å². The van der Waals surface area contributed by atoms with Crippen molar-refractivity contribution < 1.29 is 35.8 Å². The minimum Gasteiger partial charge on any atom is -0.455 e. The van der Waals surface area contributed by atoms with Gasteiger partial charge in [-0.05, 0) is 36.4 Å². The van der Waals surface area contributed by atoms with Gasteiger partial charge in [-0.15, -0.1) is 0 Å². The highest BCUT2D eigenvalue weighted by atomic mass is 19.4. The monoisotopic (exact) mass is 428 g/mol. The van der Waals surface area contributed by atoms with Gasteiger partial charge in [0, 0.05) is 0 Å². The molecule has 0 aromatic heterocycles. The fourth-order valence-corrected chi connectivity index (χ4v) is 2.58. The van der Waals surface area contributed by atoms with Gasteiger partial charge in [-0.25, -0.2) is 0 Å². The van der Waals surface area contributed by atoms with E-state index in [2.05, 4.69) is 0 Å². The summed E-state index contributed by atoms with van der Waals surface area (Å²) < 4.78 is 92.2. The van der Waals surface area contributed by atoms with Crippen molar-refractivity contribution in [1.82, 2.24) is 0 Å². The number of alkyl halides is 6. The Morgan fingerprint density at radius 3 is 1.40 bits per heavy atom. The Kier molecular flexibility index (Phi) is 5.43. The Morgan fingerprint density at radius 1 is 0.600 bits per heavy atom. The second kappa shape index (κ2) is 7.69. The molecule has 0 radical (unpaired) electrons. The molecular formula is C20H14F6N2O2. The first-order valence-electron chi connectivity index (χ1n) is 8.34. The molecule has 3 rings (SSSR count). The standard InChI is InChI=1S/C20H14F6N2O2/c21-19(22,23)12-9-11(29-16-7-3-1-5-14(16)27)10-13(20(24,25)26)18(12)30-17-8-4-2-6-15(17)28/h1-10H,27-28H2. The summed E-state index contributed by atoms with van der Waals surface area (Å²) in [6.45, 7) is 0. The second-order valence-corrected chi connectivity index (χ2v) is 6.12. The molecule has 3 aromatic rings. The summed E-state index contributed by atoms with van der Waals surface area (Å²) in [5, 5.41) is 0. The lowest BCUT2D eigenvalue weighted by molar-refractivity contribution is -0.145. The molecule has 10 heteroatoms. The van der Waals surface area contributed by atoms with Gasteiger partial charge in [-0.3, -0.25) is 0 Å². The molecule has 0 aliphatic rings. The highest BCUT2D eigenvalue weighted by molar-refractivity contribution is 5.59. The third-order valence-corrected chi connectivity index (χ3v) is 3.95. The first-order chi connectivity index (χ1) is 14.0. The average Bonchev–Trinajstić information content (AvgIpc) is 2.64. The highest BCUT2D eigenvalue weighted by Gasteiger charge is 2.43. The van der Waals surface area contributed by atoms with Crippen LogP contribution in [0.2, 0.25) is 0 Å². The first-order valence-corrected chi connectivity index (χ1v) is 8.34. The fraction of sp³-hybridized carbons (Fsp3) is 0.100. The summed E-state index contributed by atoms with van der Waals surface area (Å²) in [6, 6.07) is 11.8. The van der Waals surface area contributed by atoms with E-state index in [0.29, 0.717) is 12.1 Å². The SMILES string of the molecule is Nc1ccccc1Oc1cc(C(F)(F)F)c(Oc2ccccc2N)c(C(F)(F)F)c1. The van der Waals surface area contributed by atoms with E-state index in [4.69, 9.17) is 20.9 Å². The molecule has 0 atom stereocenters. The van der Waals surface area contributed by atoms with Gasteiger partial charge < -0.3 is 20.9 Å². The number of anilines is 2. The lowest BCUT2D eigenvalue weighted by Gasteiger charge is -2.21. The van der Waals surface area contributed by atoms with Crippen LogP contribution in [-0.4, -0.2) is 0 Å². The Labute approximate surface area is 166 Å². The number of hydrogen-bond acceptors (Lipinski definition) is 4. The van der Waals surface area contributed by atoms with Crippen molar-refractivity contribution in [2.45, 2.75) is 12.4 Å². The van der Waals surface area contributed by atoms with E-state index in [1.807, 2.05) is 0 Å². The van der Waals surface area contributed by atoms with Crippen molar-refractivity contribution >= 4 is 11.4 Å². The van der Waals surface area contributed by atoms with Crippen LogP contribution in [0.4, 0.5) is 37.7 Å². The summed E-state index contributed by atoms with van der Waals surface area (Å²) in [5.74, 6) is -2.59. The van der Waals surface area contributed by atoms with Gasteiger partial charge in [0.05, 0.1) is 11.4 Å². The predicted molar refractivity (Wildman–Crippen MR) is 98.3 cm³/mol. The van der Waals surface area contributed by atoms with Crippen LogP contribution in [0.5, 0.6) is 23.0 Å². The van der Waals surface area contributed by atoms with Crippen molar-refractivity contribution in [2.24, 2.45) is 0 Å². The zero-order chi connectivity index (χ0) is 22.1. The molecule has 0 bridgehead atoms. The van der Waals surface area contributed by atoms with Crippen LogP contribution >= 0.6 is 0 Å². The van der Waals surface area contributed by atoms with Crippen LogP contribution in [-0.2, 0) is 12.4 Å². The molecule has 0 saturated heterocycles. The van der Waals surface area contributed by atoms with Crippen molar-refractivity contribution in [2.75, 3.05) is 11.5 Å². The van der Waals surface area contributed by atoms with Crippen LogP contribution in [0.3, 0.4) is 0 Å². The van der Waals surface area contributed by atoms with Gasteiger partial charge in [0.15, 0.2) is 5.75 Å². The average molecular weight is 428 g/mol. The van der Waals surface area contributed by atoms with Crippen LogP contribution in [0.25, 0.3) is 0 Å². The number of rotatable bonds is 4. The summed E-state index contributed by atoms with van der Waals surface area (Å²) in [7, 11) is 0. The summed E-state index contributed by atoms with van der Waals surface area (Å²) >= 11 is 0. The maximum Gasteiger partial charge on any atom is 0.420 e. The normalized spacial score (nSPS) is 11.9. The molecule has 0 aliphatic carbocycles. The van der Waals surface area contributed by atoms with Gasteiger partial charge in [-0.1, -0.05) is 24.3 Å². The van der Waals surface area contributed by atoms with Gasteiger partial charge >= 0.3 is 12.4 Å². The van der Waals surface area contributed by atoms with Gasteiger partial charge in [0.25, 0.3) is 0 Å². The Hall–Kier alpha value is -3.56. The smallest absolute Gasteiger partial charge is 0.420 e. The molecule has 0 fully saturated rings. The lowest BCUT2D eigenvalue weighted by atomic mass is 10.1. The highest BCUT2D eigenvalue weighted by Crippen LogP contribution is 2.49. The van der Waals surface area contributed by atoms with E-state index in [0.717, 1.165) is 6.07 Å². The molecular weight excluding hydrogens is 414 g/mol.